The number of nitrogens with zero attached hydrogens (tertiary/aromatic N) is 1. The Kier molecular flexibility index (Phi) is 6.10. The van der Waals surface area contributed by atoms with Gasteiger partial charge in [-0.25, -0.2) is 0 Å². The van der Waals surface area contributed by atoms with Gasteiger partial charge in [-0.2, -0.15) is 18.4 Å². The van der Waals surface area contributed by atoms with Gasteiger partial charge in [0, 0.05) is 6.42 Å². The molecule has 0 unspecified atom stereocenters. The van der Waals surface area contributed by atoms with Crippen molar-refractivity contribution < 1.29 is 17.9 Å². The lowest BCUT2D eigenvalue weighted by Crippen LogP contribution is -2.21. The molecule has 6 nitrogen and oxygen atoms in total. The van der Waals surface area contributed by atoms with E-state index in [2.05, 4.69) is 14.7 Å². The molecule has 24 heavy (non-hydrogen) atoms. The third-order valence-electron chi connectivity index (χ3n) is 3.23. The second-order valence-corrected chi connectivity index (χ2v) is 7.63. The smallest absolute Gasteiger partial charge is 0.305 e. The van der Waals surface area contributed by atoms with Crippen molar-refractivity contribution >= 4 is 33.0 Å². The molecular formula is C16H18N2O4S2. The van der Waals surface area contributed by atoms with Crippen LogP contribution in [-0.4, -0.2) is 27.2 Å². The van der Waals surface area contributed by atoms with Crippen molar-refractivity contribution in [2.45, 2.75) is 24.7 Å². The molecule has 0 saturated heterocycles. The summed E-state index contributed by atoms with van der Waals surface area (Å²) in [4.78, 5) is 14.5. The lowest BCUT2D eigenvalue weighted by molar-refractivity contribution is -0.140. The number of aryl methyl sites for hydroxylation is 1. The average Bonchev–Trinajstić information content (AvgIpc) is 3.09. The number of esters is 1. The van der Waals surface area contributed by atoms with Crippen molar-refractivity contribution in [2.24, 2.45) is 5.10 Å². The van der Waals surface area contributed by atoms with Crippen molar-refractivity contribution in [2.75, 3.05) is 7.11 Å². The van der Waals surface area contributed by atoms with E-state index in [0.717, 1.165) is 10.4 Å². The number of hydrazone groups is 1. The highest BCUT2D eigenvalue weighted by molar-refractivity contribution is 7.89. The minimum atomic E-state index is -3.76. The maximum absolute atomic E-state index is 12.3. The fourth-order valence-corrected chi connectivity index (χ4v) is 3.46. The Balaban J connectivity index is 2.19. The van der Waals surface area contributed by atoms with Crippen LogP contribution in [0.2, 0.25) is 0 Å². The van der Waals surface area contributed by atoms with Crippen molar-refractivity contribution in [1.82, 2.24) is 4.83 Å². The predicted molar refractivity (Wildman–Crippen MR) is 93.6 cm³/mol. The van der Waals surface area contributed by atoms with E-state index in [1.807, 2.05) is 24.4 Å². The monoisotopic (exact) mass is 366 g/mol. The number of carbonyl (C=O) groups excluding carboxylic acids is 1. The number of ether oxygens (including phenoxy) is 1. The minimum absolute atomic E-state index is 0.124. The van der Waals surface area contributed by atoms with Gasteiger partial charge in [0.05, 0.1) is 29.0 Å². The Hall–Kier alpha value is -2.19. The molecule has 2 rings (SSSR count). The van der Waals surface area contributed by atoms with Gasteiger partial charge < -0.3 is 4.74 Å². The molecule has 0 radical (unpaired) electrons. The van der Waals surface area contributed by atoms with Crippen LogP contribution in [-0.2, 0) is 19.6 Å². The molecule has 0 aliphatic heterocycles. The minimum Gasteiger partial charge on any atom is -0.469 e. The summed E-state index contributed by atoms with van der Waals surface area (Å²) in [6.45, 7) is 1.88. The molecule has 1 aromatic carbocycles. The number of sulfonamides is 1. The first-order chi connectivity index (χ1) is 11.4. The van der Waals surface area contributed by atoms with E-state index in [1.54, 1.807) is 12.1 Å². The molecule has 1 heterocycles. The van der Waals surface area contributed by atoms with Gasteiger partial charge in [0.25, 0.3) is 10.0 Å². The van der Waals surface area contributed by atoms with Crippen LogP contribution in [0, 0.1) is 6.92 Å². The lowest BCUT2D eigenvalue weighted by Gasteiger charge is -2.07. The molecule has 1 N–H and O–H groups in total. The van der Waals surface area contributed by atoms with Crippen LogP contribution >= 0.6 is 11.3 Å². The highest BCUT2D eigenvalue weighted by Crippen LogP contribution is 2.15. The van der Waals surface area contributed by atoms with Gasteiger partial charge >= 0.3 is 5.97 Å². The fraction of sp³-hybridized carbons (Fsp3) is 0.250. The highest BCUT2D eigenvalue weighted by Gasteiger charge is 2.15. The number of benzene rings is 1. The lowest BCUT2D eigenvalue weighted by atomic mass is 10.2. The van der Waals surface area contributed by atoms with E-state index < -0.39 is 10.0 Å². The van der Waals surface area contributed by atoms with Crippen LogP contribution < -0.4 is 4.83 Å². The van der Waals surface area contributed by atoms with E-state index in [1.165, 1.54) is 30.6 Å². The largest absolute Gasteiger partial charge is 0.469 e. The number of thiophene rings is 1. The molecule has 0 fully saturated rings. The SMILES string of the molecule is COC(=O)CCC(=NNS(=O)(=O)c1ccc(C)cc1)c1cccs1. The van der Waals surface area contributed by atoms with Gasteiger partial charge in [-0.15, -0.1) is 11.3 Å². The summed E-state index contributed by atoms with van der Waals surface area (Å²) in [6.07, 6.45) is 0.406. The zero-order chi connectivity index (χ0) is 17.6. The standard InChI is InChI=1S/C16H18N2O4S2/c1-12-5-7-13(8-6-12)24(20,21)18-17-14(9-10-16(19)22-2)15-4-3-11-23-15/h3-8,11,18H,9-10H2,1-2H3. The molecule has 0 saturated carbocycles. The Morgan fingerprint density at radius 1 is 1.21 bits per heavy atom. The van der Waals surface area contributed by atoms with Crippen molar-refractivity contribution in [1.29, 1.82) is 0 Å². The number of nitrogens with one attached hydrogen (secondary N) is 1. The van der Waals surface area contributed by atoms with Gasteiger partial charge in [-0.05, 0) is 30.5 Å². The fourth-order valence-electron chi connectivity index (χ4n) is 1.88. The van der Waals surface area contributed by atoms with E-state index >= 15 is 0 Å². The Labute approximate surface area is 145 Å². The molecule has 1 aromatic heterocycles. The van der Waals surface area contributed by atoms with E-state index in [-0.39, 0.29) is 23.7 Å². The van der Waals surface area contributed by atoms with Crippen LogP contribution in [0.25, 0.3) is 0 Å². The summed E-state index contributed by atoms with van der Waals surface area (Å²) < 4.78 is 29.2. The Morgan fingerprint density at radius 2 is 1.92 bits per heavy atom. The summed E-state index contributed by atoms with van der Waals surface area (Å²) in [6, 6.07) is 10.1. The van der Waals surface area contributed by atoms with Crippen LogP contribution in [0.15, 0.2) is 51.8 Å². The second-order valence-electron chi connectivity index (χ2n) is 5.02. The molecule has 0 aliphatic carbocycles. The summed E-state index contributed by atoms with van der Waals surface area (Å²) in [5, 5.41) is 5.88. The quantitative estimate of drug-likeness (QED) is 0.464. The number of hydrogen-bond donors (Lipinski definition) is 1. The molecular weight excluding hydrogens is 348 g/mol. The molecule has 0 bridgehead atoms. The van der Waals surface area contributed by atoms with Gasteiger partial charge in [0.15, 0.2) is 0 Å². The van der Waals surface area contributed by atoms with Crippen LogP contribution in [0.1, 0.15) is 23.3 Å². The number of rotatable bonds is 7. The number of hydrogen-bond acceptors (Lipinski definition) is 6. The Morgan fingerprint density at radius 3 is 2.50 bits per heavy atom. The molecule has 0 spiro atoms. The maximum atomic E-state index is 12.3. The predicted octanol–water partition coefficient (Wildman–Crippen LogP) is 2.69. The van der Waals surface area contributed by atoms with Gasteiger partial charge in [0.1, 0.15) is 0 Å². The molecule has 0 aliphatic rings. The first-order valence-electron chi connectivity index (χ1n) is 7.18. The highest BCUT2D eigenvalue weighted by atomic mass is 32.2. The zero-order valence-electron chi connectivity index (χ0n) is 13.4. The topological polar surface area (TPSA) is 84.8 Å². The van der Waals surface area contributed by atoms with Gasteiger partial charge in [-0.3, -0.25) is 4.79 Å². The molecule has 2 aromatic rings. The van der Waals surface area contributed by atoms with Crippen molar-refractivity contribution in [3.05, 3.63) is 52.2 Å². The summed E-state index contributed by atoms with van der Waals surface area (Å²) in [7, 11) is -2.45. The first kappa shape index (κ1) is 18.2. The third kappa shape index (κ3) is 4.90. The summed E-state index contributed by atoms with van der Waals surface area (Å²) in [5.74, 6) is -0.374. The van der Waals surface area contributed by atoms with E-state index in [0.29, 0.717) is 5.71 Å². The van der Waals surface area contributed by atoms with E-state index in [9.17, 15) is 13.2 Å². The van der Waals surface area contributed by atoms with Crippen LogP contribution in [0.5, 0.6) is 0 Å². The first-order valence-corrected chi connectivity index (χ1v) is 9.54. The molecule has 8 heteroatoms. The van der Waals surface area contributed by atoms with Gasteiger partial charge in [0.2, 0.25) is 0 Å². The summed E-state index contributed by atoms with van der Waals surface area (Å²) in [5.41, 5.74) is 1.46. The van der Waals surface area contributed by atoms with Crippen LogP contribution in [0.4, 0.5) is 0 Å². The number of carbonyl (C=O) groups is 1. The molecule has 128 valence electrons. The van der Waals surface area contributed by atoms with Crippen molar-refractivity contribution in [3.63, 3.8) is 0 Å². The number of methoxy groups -OCH3 is 1. The van der Waals surface area contributed by atoms with Crippen LogP contribution in [0.3, 0.4) is 0 Å². The molecule has 0 atom stereocenters. The molecule has 0 amide bonds. The maximum Gasteiger partial charge on any atom is 0.305 e. The second kappa shape index (κ2) is 8.07. The normalized spacial score (nSPS) is 12.0. The Bertz CT molecular complexity index is 810. The zero-order valence-corrected chi connectivity index (χ0v) is 15.0. The van der Waals surface area contributed by atoms with Crippen molar-refractivity contribution in [3.8, 4) is 0 Å². The third-order valence-corrected chi connectivity index (χ3v) is 5.37. The van der Waals surface area contributed by atoms with E-state index in [4.69, 9.17) is 0 Å². The average molecular weight is 366 g/mol. The van der Waals surface area contributed by atoms with Gasteiger partial charge in [-0.1, -0.05) is 23.8 Å². The summed E-state index contributed by atoms with van der Waals surface area (Å²) >= 11 is 1.42.